The highest BCUT2D eigenvalue weighted by Crippen LogP contribution is 2.74. The summed E-state index contributed by atoms with van der Waals surface area (Å²) in [7, 11) is 0. The third-order valence-electron chi connectivity index (χ3n) is 5.08. The van der Waals surface area contributed by atoms with Gasteiger partial charge in [-0.2, -0.15) is 26.3 Å². The first-order chi connectivity index (χ1) is 11.1. The SMILES string of the molecule is CC(C)(C)C1=C(C(C)(C)C)C2(C(C)(C)C)C(C(F)(F)F)=C(C(F)(F)F)N12. The van der Waals surface area contributed by atoms with Gasteiger partial charge < -0.3 is 4.90 Å². The summed E-state index contributed by atoms with van der Waals surface area (Å²) >= 11 is 0. The lowest BCUT2D eigenvalue weighted by Gasteiger charge is -2.74. The van der Waals surface area contributed by atoms with Gasteiger partial charge in [-0.25, -0.2) is 0 Å². The maximum absolute atomic E-state index is 13.9. The molecule has 0 radical (unpaired) electrons. The summed E-state index contributed by atoms with van der Waals surface area (Å²) in [5, 5.41) is 0. The molecule has 0 saturated carbocycles. The molecule has 7 heteroatoms. The molecule has 2 aliphatic rings. The fourth-order valence-corrected chi connectivity index (χ4v) is 4.56. The zero-order valence-corrected chi connectivity index (χ0v) is 16.7. The summed E-state index contributed by atoms with van der Waals surface area (Å²) in [4.78, 5) is 0.927. The van der Waals surface area contributed by atoms with Crippen molar-refractivity contribution in [1.29, 1.82) is 0 Å². The minimum atomic E-state index is -5.07. The first-order valence-electron chi connectivity index (χ1n) is 8.55. The molecule has 0 N–H and O–H groups in total. The van der Waals surface area contributed by atoms with Gasteiger partial charge in [0.25, 0.3) is 0 Å². The lowest BCUT2D eigenvalue weighted by atomic mass is 9.47. The molecule has 26 heavy (non-hydrogen) atoms. The van der Waals surface area contributed by atoms with E-state index >= 15 is 0 Å². The predicted molar refractivity (Wildman–Crippen MR) is 89.1 cm³/mol. The van der Waals surface area contributed by atoms with Gasteiger partial charge in [-0.05, 0) is 16.4 Å². The summed E-state index contributed by atoms with van der Waals surface area (Å²) in [5.74, 6) is 0. The molecule has 0 spiro atoms. The van der Waals surface area contributed by atoms with Crippen LogP contribution in [0.1, 0.15) is 62.3 Å². The van der Waals surface area contributed by atoms with Crippen LogP contribution < -0.4 is 0 Å². The van der Waals surface area contributed by atoms with Crippen molar-refractivity contribution in [3.05, 3.63) is 22.5 Å². The lowest BCUT2D eigenvalue weighted by Crippen LogP contribution is -2.78. The standard InChI is InChI=1S/C19H27F6N/c1-14(2,3)10-12(15(4,5)6)26-13(19(23,24)25)11(18(20,21)22)17(10,26)16(7,8)9/h1-9H3. The number of hydrogen-bond donors (Lipinski definition) is 0. The van der Waals surface area contributed by atoms with Gasteiger partial charge in [0.05, 0.1) is 5.57 Å². The number of nitrogens with zero attached hydrogens (tertiary/aromatic N) is 1. The third kappa shape index (κ3) is 2.52. The van der Waals surface area contributed by atoms with E-state index in [0.29, 0.717) is 11.3 Å². The van der Waals surface area contributed by atoms with Crippen LogP contribution in [0.3, 0.4) is 0 Å². The van der Waals surface area contributed by atoms with E-state index in [0.717, 1.165) is 4.90 Å². The lowest BCUT2D eigenvalue weighted by molar-refractivity contribution is -0.193. The molecular formula is C19H27F6N. The number of alkyl halides is 6. The molecule has 0 aromatic rings. The molecule has 150 valence electrons. The van der Waals surface area contributed by atoms with Gasteiger partial charge in [0.1, 0.15) is 11.2 Å². The second-order valence-electron chi connectivity index (χ2n) is 10.2. The van der Waals surface area contributed by atoms with Crippen molar-refractivity contribution < 1.29 is 26.3 Å². The Morgan fingerprint density at radius 1 is 0.577 bits per heavy atom. The van der Waals surface area contributed by atoms with Crippen molar-refractivity contribution in [3.63, 3.8) is 0 Å². The molecule has 2 aliphatic heterocycles. The Labute approximate surface area is 151 Å². The highest BCUT2D eigenvalue weighted by atomic mass is 19.4. The average molecular weight is 383 g/mol. The molecule has 2 heterocycles. The minimum Gasteiger partial charge on any atom is -0.325 e. The fraction of sp³-hybridized carbons (Fsp3) is 0.789. The van der Waals surface area contributed by atoms with Crippen LogP contribution >= 0.6 is 0 Å². The van der Waals surface area contributed by atoms with Gasteiger partial charge in [0, 0.05) is 11.1 Å². The maximum atomic E-state index is 13.9. The highest BCUT2D eigenvalue weighted by molar-refractivity contribution is 5.66. The van der Waals surface area contributed by atoms with Crippen LogP contribution in [0.25, 0.3) is 0 Å². The van der Waals surface area contributed by atoms with E-state index in [-0.39, 0.29) is 0 Å². The Morgan fingerprint density at radius 2 is 1.00 bits per heavy atom. The normalized spacial score (nSPS) is 25.3. The number of hydrogen-bond acceptors (Lipinski definition) is 1. The van der Waals surface area contributed by atoms with Crippen LogP contribution in [0.5, 0.6) is 0 Å². The first kappa shape index (κ1) is 21.2. The van der Waals surface area contributed by atoms with Crippen LogP contribution in [-0.4, -0.2) is 22.8 Å². The zero-order valence-electron chi connectivity index (χ0n) is 16.7. The Balaban J connectivity index is 2.98. The summed E-state index contributed by atoms with van der Waals surface area (Å²) in [6.07, 6.45) is -10.1. The van der Waals surface area contributed by atoms with Crippen LogP contribution in [-0.2, 0) is 0 Å². The summed E-state index contributed by atoms with van der Waals surface area (Å²) in [6.45, 7) is 15.2. The van der Waals surface area contributed by atoms with Gasteiger partial charge >= 0.3 is 12.4 Å². The van der Waals surface area contributed by atoms with Crippen molar-refractivity contribution in [2.45, 2.75) is 80.2 Å². The number of halogens is 6. The number of allylic oxidation sites excluding steroid dienone is 2. The first-order valence-corrected chi connectivity index (χ1v) is 8.55. The van der Waals surface area contributed by atoms with E-state index in [2.05, 4.69) is 0 Å². The molecule has 0 fully saturated rings. The minimum absolute atomic E-state index is 0.347. The Hall–Kier alpha value is -1.14. The van der Waals surface area contributed by atoms with Gasteiger partial charge in [0.2, 0.25) is 0 Å². The largest absolute Gasteiger partial charge is 0.431 e. The molecule has 2 rings (SSSR count). The van der Waals surface area contributed by atoms with Crippen LogP contribution in [0, 0.1) is 16.2 Å². The topological polar surface area (TPSA) is 3.24 Å². The van der Waals surface area contributed by atoms with Crippen LogP contribution in [0.4, 0.5) is 26.3 Å². The van der Waals surface area contributed by atoms with E-state index in [1.807, 2.05) is 0 Å². The molecule has 1 unspecified atom stereocenters. The van der Waals surface area contributed by atoms with Gasteiger partial charge in [-0.15, -0.1) is 0 Å². The third-order valence-corrected chi connectivity index (χ3v) is 5.08. The summed E-state index contributed by atoms with van der Waals surface area (Å²) in [6, 6.07) is 0. The van der Waals surface area contributed by atoms with Crippen LogP contribution in [0.15, 0.2) is 22.5 Å². The summed E-state index contributed by atoms with van der Waals surface area (Å²) < 4.78 is 82.7. The highest BCUT2D eigenvalue weighted by Gasteiger charge is 2.79. The molecule has 0 amide bonds. The second-order valence-corrected chi connectivity index (χ2v) is 10.2. The van der Waals surface area contributed by atoms with E-state index in [4.69, 9.17) is 0 Å². The van der Waals surface area contributed by atoms with Gasteiger partial charge in [-0.1, -0.05) is 62.3 Å². The molecule has 0 aromatic carbocycles. The second kappa shape index (κ2) is 5.02. The molecular weight excluding hydrogens is 356 g/mol. The quantitative estimate of drug-likeness (QED) is 0.415. The van der Waals surface area contributed by atoms with E-state index in [9.17, 15) is 26.3 Å². The summed E-state index contributed by atoms with van der Waals surface area (Å²) in [5.41, 5.74) is -6.50. The van der Waals surface area contributed by atoms with Crippen molar-refractivity contribution in [3.8, 4) is 0 Å². The van der Waals surface area contributed by atoms with Gasteiger partial charge in [0.15, 0.2) is 0 Å². The molecule has 0 aromatic heterocycles. The molecule has 0 saturated heterocycles. The Kier molecular flexibility index (Phi) is 4.08. The predicted octanol–water partition coefficient (Wildman–Crippen LogP) is 6.83. The monoisotopic (exact) mass is 383 g/mol. The Morgan fingerprint density at radius 3 is 1.23 bits per heavy atom. The Bertz CT molecular complexity index is 634. The molecule has 0 aliphatic carbocycles. The number of fused-ring (bicyclic) bond motifs is 1. The van der Waals surface area contributed by atoms with Crippen LogP contribution in [0.2, 0.25) is 0 Å². The molecule has 1 nitrogen and oxygen atoms in total. The smallest absolute Gasteiger partial charge is 0.325 e. The van der Waals surface area contributed by atoms with E-state index < -0.39 is 45.4 Å². The number of rotatable bonds is 0. The van der Waals surface area contributed by atoms with Gasteiger partial charge in [-0.3, -0.25) is 0 Å². The van der Waals surface area contributed by atoms with Crippen molar-refractivity contribution in [2.75, 3.05) is 0 Å². The zero-order chi connectivity index (χ0) is 20.9. The fourth-order valence-electron chi connectivity index (χ4n) is 4.56. The average Bonchev–Trinajstić information content (AvgIpc) is 2.21. The maximum Gasteiger partial charge on any atom is 0.431 e. The van der Waals surface area contributed by atoms with E-state index in [1.54, 1.807) is 62.3 Å². The van der Waals surface area contributed by atoms with Crippen molar-refractivity contribution >= 4 is 0 Å². The molecule has 0 bridgehead atoms. The van der Waals surface area contributed by atoms with Crippen molar-refractivity contribution in [1.82, 2.24) is 4.90 Å². The van der Waals surface area contributed by atoms with Crippen molar-refractivity contribution in [2.24, 2.45) is 16.2 Å². The van der Waals surface area contributed by atoms with E-state index in [1.165, 1.54) is 0 Å². The molecule has 1 atom stereocenters.